The van der Waals surface area contributed by atoms with Gasteiger partial charge in [0.1, 0.15) is 9.77 Å². The Kier molecular flexibility index (Phi) is 7.55. The van der Waals surface area contributed by atoms with Gasteiger partial charge in [-0.15, -0.1) is 11.3 Å². The van der Waals surface area contributed by atoms with Crippen LogP contribution < -0.4 is 4.90 Å². The zero-order valence-electron chi connectivity index (χ0n) is 20.7. The highest BCUT2D eigenvalue weighted by atomic mass is 32.2. The highest BCUT2D eigenvalue weighted by molar-refractivity contribution is 7.89. The van der Waals surface area contributed by atoms with Crippen molar-refractivity contribution < 1.29 is 23.1 Å². The van der Waals surface area contributed by atoms with Crippen LogP contribution in [0.3, 0.4) is 0 Å². The molecule has 1 amide bonds. The number of nitrogens with zero attached hydrogens (tertiary/aromatic N) is 3. The molecule has 2 aromatic heterocycles. The lowest BCUT2D eigenvalue weighted by Gasteiger charge is -2.44. The second kappa shape index (κ2) is 10.3. The second-order valence-corrected chi connectivity index (χ2v) is 13.3. The summed E-state index contributed by atoms with van der Waals surface area (Å²) in [7, 11) is -3.93. The van der Waals surface area contributed by atoms with Crippen molar-refractivity contribution >= 4 is 38.9 Å². The number of amides is 1. The van der Waals surface area contributed by atoms with Crippen molar-refractivity contribution in [3.8, 4) is 11.8 Å². The van der Waals surface area contributed by atoms with Crippen molar-refractivity contribution in [3.05, 3.63) is 40.3 Å². The Labute approximate surface area is 216 Å². The third-order valence-corrected chi connectivity index (χ3v) is 9.32. The highest BCUT2D eigenvalue weighted by Crippen LogP contribution is 2.39. The first-order chi connectivity index (χ1) is 17.0. The standard InChI is InChI=1S/C26H31N3O5S2/c1-26(2,3)12-11-19-14-21(24(35-19)25(31)32)29-22(18-8-5-4-6-9-18)16-28(17-23(29)30)36(33,34)20-10-7-13-27-15-20/h7,10,13-15,18,22H,4-6,8-9,16-17H2,1-3H3,(H,31,32). The van der Waals surface area contributed by atoms with Gasteiger partial charge >= 0.3 is 5.97 Å². The van der Waals surface area contributed by atoms with Crippen LogP contribution in [0.25, 0.3) is 0 Å². The van der Waals surface area contributed by atoms with Crippen LogP contribution in [-0.2, 0) is 14.8 Å². The zero-order chi connectivity index (χ0) is 26.1. The summed E-state index contributed by atoms with van der Waals surface area (Å²) in [5.74, 6) is 4.69. The van der Waals surface area contributed by atoms with Gasteiger partial charge in [-0.3, -0.25) is 9.78 Å². The maximum absolute atomic E-state index is 13.6. The van der Waals surface area contributed by atoms with Crippen LogP contribution in [-0.4, -0.2) is 53.8 Å². The molecule has 1 N–H and O–H groups in total. The number of carbonyl (C=O) groups is 2. The lowest BCUT2D eigenvalue weighted by Crippen LogP contribution is -2.60. The molecular formula is C26H31N3O5S2. The summed E-state index contributed by atoms with van der Waals surface area (Å²) in [5, 5.41) is 9.96. The van der Waals surface area contributed by atoms with Crippen molar-refractivity contribution in [2.75, 3.05) is 18.0 Å². The summed E-state index contributed by atoms with van der Waals surface area (Å²) in [6, 6.07) is 4.23. The van der Waals surface area contributed by atoms with Gasteiger partial charge in [0.15, 0.2) is 0 Å². The predicted octanol–water partition coefficient (Wildman–Crippen LogP) is 4.23. The number of hydrogen-bond donors (Lipinski definition) is 1. The number of carboxylic acids is 1. The summed E-state index contributed by atoms with van der Waals surface area (Å²) in [4.78, 5) is 31.9. The summed E-state index contributed by atoms with van der Waals surface area (Å²) in [6.07, 6.45) is 7.59. The molecule has 0 bridgehead atoms. The SMILES string of the molecule is CC(C)(C)C#Cc1cc(N2C(=O)CN(S(=O)(=O)c3cccnc3)CC2C2CCCCC2)c(C(=O)O)s1. The minimum atomic E-state index is -3.93. The molecule has 8 nitrogen and oxygen atoms in total. The van der Waals surface area contributed by atoms with Crippen molar-refractivity contribution in [1.82, 2.24) is 9.29 Å². The first-order valence-electron chi connectivity index (χ1n) is 12.1. The molecule has 2 aliphatic rings. The van der Waals surface area contributed by atoms with Crippen LogP contribution in [0.1, 0.15) is 67.4 Å². The molecule has 1 atom stereocenters. The van der Waals surface area contributed by atoms with Crippen molar-refractivity contribution in [3.63, 3.8) is 0 Å². The summed E-state index contributed by atoms with van der Waals surface area (Å²) >= 11 is 1.05. The predicted molar refractivity (Wildman–Crippen MR) is 138 cm³/mol. The fourth-order valence-electron chi connectivity index (χ4n) is 4.81. The largest absolute Gasteiger partial charge is 0.477 e. The molecule has 3 heterocycles. The summed E-state index contributed by atoms with van der Waals surface area (Å²) in [5.41, 5.74) is 0.0463. The smallest absolute Gasteiger partial charge is 0.348 e. The maximum atomic E-state index is 13.6. The van der Waals surface area contributed by atoms with Gasteiger partial charge in [-0.25, -0.2) is 13.2 Å². The van der Waals surface area contributed by atoms with Crippen LogP contribution >= 0.6 is 11.3 Å². The average molecular weight is 530 g/mol. The Morgan fingerprint density at radius 3 is 2.56 bits per heavy atom. The fraction of sp³-hybridized carbons (Fsp3) is 0.500. The van der Waals surface area contributed by atoms with E-state index in [1.54, 1.807) is 17.0 Å². The number of carboxylic acid groups (broad SMARTS) is 1. The van der Waals surface area contributed by atoms with E-state index in [1.165, 1.54) is 22.8 Å². The molecule has 10 heteroatoms. The Bertz CT molecular complexity index is 1300. The highest BCUT2D eigenvalue weighted by Gasteiger charge is 2.44. The van der Waals surface area contributed by atoms with Gasteiger partial charge in [0.05, 0.1) is 23.2 Å². The molecule has 1 unspecified atom stereocenters. The Balaban J connectivity index is 1.76. The Morgan fingerprint density at radius 1 is 1.22 bits per heavy atom. The lowest BCUT2D eigenvalue weighted by molar-refractivity contribution is -0.121. The zero-order valence-corrected chi connectivity index (χ0v) is 22.4. The number of piperazine rings is 1. The molecular weight excluding hydrogens is 498 g/mol. The first-order valence-corrected chi connectivity index (χ1v) is 14.4. The molecule has 1 aliphatic heterocycles. The molecule has 1 aliphatic carbocycles. The van der Waals surface area contributed by atoms with E-state index < -0.39 is 27.9 Å². The third kappa shape index (κ3) is 5.64. The number of aromatic carboxylic acids is 1. The van der Waals surface area contributed by atoms with Crippen LogP contribution in [0, 0.1) is 23.2 Å². The van der Waals surface area contributed by atoms with Crippen LogP contribution in [0.2, 0.25) is 0 Å². The van der Waals surface area contributed by atoms with Crippen LogP contribution in [0.4, 0.5) is 5.69 Å². The average Bonchev–Trinajstić information content (AvgIpc) is 3.27. The second-order valence-electron chi connectivity index (χ2n) is 10.3. The topological polar surface area (TPSA) is 108 Å². The quantitative estimate of drug-likeness (QED) is 0.581. The number of thiophene rings is 1. The number of aromatic nitrogens is 1. The summed E-state index contributed by atoms with van der Waals surface area (Å²) < 4.78 is 28.0. The van der Waals surface area contributed by atoms with Gasteiger partial charge in [0.2, 0.25) is 15.9 Å². The number of hydrogen-bond acceptors (Lipinski definition) is 6. The molecule has 192 valence electrons. The van der Waals surface area contributed by atoms with Crippen molar-refractivity contribution in [2.45, 2.75) is 63.8 Å². The molecule has 4 rings (SSSR count). The maximum Gasteiger partial charge on any atom is 0.348 e. The lowest BCUT2D eigenvalue weighted by atomic mass is 9.82. The van der Waals surface area contributed by atoms with Gasteiger partial charge in [-0.05, 0) is 57.7 Å². The van der Waals surface area contributed by atoms with E-state index >= 15 is 0 Å². The van der Waals surface area contributed by atoms with Gasteiger partial charge in [0.25, 0.3) is 0 Å². The third-order valence-electron chi connectivity index (χ3n) is 6.50. The van der Waals surface area contributed by atoms with Gasteiger partial charge in [-0.1, -0.05) is 31.1 Å². The van der Waals surface area contributed by atoms with E-state index in [0.717, 1.165) is 43.4 Å². The molecule has 2 aromatic rings. The van der Waals surface area contributed by atoms with E-state index in [9.17, 15) is 23.1 Å². The number of sulfonamides is 1. The van der Waals surface area contributed by atoms with E-state index in [1.807, 2.05) is 20.8 Å². The van der Waals surface area contributed by atoms with Crippen LogP contribution in [0.5, 0.6) is 0 Å². The number of pyridine rings is 1. The summed E-state index contributed by atoms with van der Waals surface area (Å²) in [6.45, 7) is 5.65. The van der Waals surface area contributed by atoms with Gasteiger partial charge in [0, 0.05) is 24.4 Å². The molecule has 2 fully saturated rings. The number of anilines is 1. The Hall–Kier alpha value is -2.74. The van der Waals surface area contributed by atoms with Gasteiger partial charge in [-0.2, -0.15) is 4.31 Å². The minimum Gasteiger partial charge on any atom is -0.477 e. The van der Waals surface area contributed by atoms with E-state index in [0.29, 0.717) is 10.6 Å². The van der Waals surface area contributed by atoms with E-state index in [4.69, 9.17) is 0 Å². The monoisotopic (exact) mass is 529 g/mol. The molecule has 0 spiro atoms. The number of carbonyl (C=O) groups excluding carboxylic acids is 1. The molecule has 36 heavy (non-hydrogen) atoms. The number of rotatable bonds is 5. The van der Waals surface area contributed by atoms with E-state index in [2.05, 4.69) is 16.8 Å². The Morgan fingerprint density at radius 2 is 1.94 bits per heavy atom. The molecule has 0 radical (unpaired) electrons. The molecule has 1 saturated heterocycles. The van der Waals surface area contributed by atoms with Crippen molar-refractivity contribution in [2.24, 2.45) is 11.3 Å². The first kappa shape index (κ1) is 26.3. The fourth-order valence-corrected chi connectivity index (χ4v) is 7.03. The van der Waals surface area contributed by atoms with E-state index in [-0.39, 0.29) is 34.2 Å². The van der Waals surface area contributed by atoms with Crippen LogP contribution in [0.15, 0.2) is 35.5 Å². The minimum absolute atomic E-state index is 0.0372. The molecule has 0 aromatic carbocycles. The van der Waals surface area contributed by atoms with Gasteiger partial charge < -0.3 is 10.0 Å². The normalized spacial score (nSPS) is 20.1. The van der Waals surface area contributed by atoms with Crippen molar-refractivity contribution in [1.29, 1.82) is 0 Å². The molecule has 1 saturated carbocycles.